The second kappa shape index (κ2) is 9.64. The molecule has 2 aliphatic rings. The quantitative estimate of drug-likeness (QED) is 0.197. The topological polar surface area (TPSA) is 193 Å². The van der Waals surface area contributed by atoms with Gasteiger partial charge in [-0.25, -0.2) is 0 Å². The number of rotatable bonds is 6. The van der Waals surface area contributed by atoms with Crippen LogP contribution in [0.3, 0.4) is 0 Å². The fraction of sp³-hybridized carbons (Fsp3) is 0.240. The number of aromatic nitrogens is 2. The highest BCUT2D eigenvalue weighted by molar-refractivity contribution is 6.07. The van der Waals surface area contributed by atoms with Crippen LogP contribution in [-0.4, -0.2) is 69.9 Å². The molecule has 2 fully saturated rings. The Kier molecular flexibility index (Phi) is 6.22. The summed E-state index contributed by atoms with van der Waals surface area (Å²) in [6.45, 7) is 2.85. The lowest BCUT2D eigenvalue weighted by molar-refractivity contribution is 0.101. The van der Waals surface area contributed by atoms with Gasteiger partial charge in [-0.2, -0.15) is 5.10 Å². The number of likely N-dealkylation sites (tertiary alicyclic amines) is 2. The van der Waals surface area contributed by atoms with Gasteiger partial charge in [0.1, 0.15) is 5.69 Å². The lowest BCUT2D eigenvalue weighted by Crippen LogP contribution is -2.51. The van der Waals surface area contributed by atoms with Crippen LogP contribution in [0.1, 0.15) is 43.9 Å². The number of H-pyrrole nitrogens is 1. The van der Waals surface area contributed by atoms with Gasteiger partial charge < -0.3 is 31.9 Å². The highest BCUT2D eigenvalue weighted by Gasteiger charge is 2.29. The molecule has 190 valence electrons. The standard InChI is InChI=1S/C25H28N10O2/c26-24(27)34-10-16(11-34)14-1-5-18(6-2-14)30-22(36)20-9-21(33-32-20)23(37)31-19-7-3-15(4-8-19)17-12-35(13-17)25(28)29/h1-9,16-17H,10-13H2,(H3,26,27)(H3,28,29)(H,30,36)(H,31,37)(H,32,33). The Balaban J connectivity index is 1.13. The maximum atomic E-state index is 12.6. The zero-order valence-corrected chi connectivity index (χ0v) is 20.0. The van der Waals surface area contributed by atoms with Crippen molar-refractivity contribution in [3.8, 4) is 0 Å². The zero-order valence-electron chi connectivity index (χ0n) is 20.0. The molecule has 0 unspecified atom stereocenters. The van der Waals surface area contributed by atoms with Crippen molar-refractivity contribution < 1.29 is 9.59 Å². The van der Waals surface area contributed by atoms with Gasteiger partial charge in [0.05, 0.1) is 0 Å². The van der Waals surface area contributed by atoms with Gasteiger partial charge in [0.15, 0.2) is 17.6 Å². The van der Waals surface area contributed by atoms with Gasteiger partial charge in [-0.05, 0) is 35.4 Å². The van der Waals surface area contributed by atoms with E-state index in [-0.39, 0.29) is 23.3 Å². The molecular formula is C25H28N10O2. The van der Waals surface area contributed by atoms with Crippen LogP contribution in [0.2, 0.25) is 0 Å². The van der Waals surface area contributed by atoms with E-state index in [1.54, 1.807) is 9.80 Å². The number of aromatic amines is 1. The second-order valence-corrected chi connectivity index (χ2v) is 9.29. The summed E-state index contributed by atoms with van der Waals surface area (Å²) in [5, 5.41) is 27.1. The fourth-order valence-corrected chi connectivity index (χ4v) is 4.40. The van der Waals surface area contributed by atoms with E-state index in [0.29, 0.717) is 49.4 Å². The Bertz CT molecular complexity index is 1230. The van der Waals surface area contributed by atoms with Gasteiger partial charge in [-0.1, -0.05) is 24.3 Å². The maximum absolute atomic E-state index is 12.6. The van der Waals surface area contributed by atoms with Crippen molar-refractivity contribution in [3.63, 3.8) is 0 Å². The molecule has 1 aromatic heterocycles. The van der Waals surface area contributed by atoms with E-state index < -0.39 is 11.8 Å². The van der Waals surface area contributed by atoms with Crippen molar-refractivity contribution in [2.24, 2.45) is 11.5 Å². The monoisotopic (exact) mass is 500 g/mol. The van der Waals surface area contributed by atoms with Crippen LogP contribution >= 0.6 is 0 Å². The summed E-state index contributed by atoms with van der Waals surface area (Å²) in [6, 6.07) is 16.4. The Hall–Kier alpha value is -4.87. The van der Waals surface area contributed by atoms with Crippen LogP contribution in [0.25, 0.3) is 0 Å². The maximum Gasteiger partial charge on any atom is 0.276 e. The number of guanidine groups is 2. The predicted octanol–water partition coefficient (Wildman–Crippen LogP) is 1.50. The number of benzene rings is 2. The molecule has 2 aromatic carbocycles. The first-order valence-corrected chi connectivity index (χ1v) is 11.8. The van der Waals surface area contributed by atoms with Crippen molar-refractivity contribution in [2.75, 3.05) is 36.8 Å². The smallest absolute Gasteiger partial charge is 0.276 e. The lowest BCUT2D eigenvalue weighted by atomic mass is 9.91. The number of carbonyl (C=O) groups excluding carboxylic acids is 2. The summed E-state index contributed by atoms with van der Waals surface area (Å²) in [4.78, 5) is 28.8. The number of hydrogen-bond donors (Lipinski definition) is 7. The number of amides is 2. The molecule has 12 nitrogen and oxygen atoms in total. The number of nitrogens with one attached hydrogen (secondary N) is 5. The molecule has 3 heterocycles. The van der Waals surface area contributed by atoms with Crippen LogP contribution in [0.4, 0.5) is 11.4 Å². The summed E-state index contributed by atoms with van der Waals surface area (Å²) < 4.78 is 0. The number of anilines is 2. The molecule has 9 N–H and O–H groups in total. The first-order valence-electron chi connectivity index (χ1n) is 11.8. The zero-order chi connectivity index (χ0) is 26.1. The molecular weight excluding hydrogens is 472 g/mol. The summed E-state index contributed by atoms with van der Waals surface area (Å²) in [5.41, 5.74) is 14.7. The molecule has 37 heavy (non-hydrogen) atoms. The highest BCUT2D eigenvalue weighted by atomic mass is 16.2. The third-order valence-electron chi connectivity index (χ3n) is 6.78. The minimum absolute atomic E-state index is 0.0808. The molecule has 2 saturated heterocycles. The molecule has 2 aliphatic heterocycles. The molecule has 2 amide bonds. The number of hydrogen-bond acceptors (Lipinski definition) is 5. The Labute approximate surface area is 213 Å². The normalized spacial score (nSPS) is 15.5. The van der Waals surface area contributed by atoms with Crippen molar-refractivity contribution in [3.05, 3.63) is 77.1 Å². The summed E-state index contributed by atoms with van der Waals surface area (Å²) in [6.07, 6.45) is 0. The first kappa shape index (κ1) is 23.9. The average Bonchev–Trinajstić information content (AvgIpc) is 3.30. The first-order chi connectivity index (χ1) is 17.8. The van der Waals surface area contributed by atoms with Gasteiger partial charge in [0, 0.05) is 55.5 Å². The van der Waals surface area contributed by atoms with Gasteiger partial charge >= 0.3 is 0 Å². The highest BCUT2D eigenvalue weighted by Crippen LogP contribution is 2.28. The van der Waals surface area contributed by atoms with E-state index in [2.05, 4.69) is 20.8 Å². The Morgan fingerprint density at radius 2 is 1.22 bits per heavy atom. The summed E-state index contributed by atoms with van der Waals surface area (Å²) in [7, 11) is 0. The van der Waals surface area contributed by atoms with E-state index in [0.717, 1.165) is 11.1 Å². The lowest BCUT2D eigenvalue weighted by Gasteiger charge is -2.39. The van der Waals surface area contributed by atoms with Gasteiger partial charge in [0.2, 0.25) is 0 Å². The van der Waals surface area contributed by atoms with Crippen LogP contribution in [0.15, 0.2) is 54.6 Å². The molecule has 0 saturated carbocycles. The van der Waals surface area contributed by atoms with Crippen LogP contribution < -0.4 is 22.1 Å². The van der Waals surface area contributed by atoms with E-state index in [1.807, 2.05) is 48.5 Å². The van der Waals surface area contributed by atoms with Gasteiger partial charge in [-0.15, -0.1) is 0 Å². The molecule has 5 rings (SSSR count). The minimum Gasteiger partial charge on any atom is -0.370 e. The molecule has 0 spiro atoms. The van der Waals surface area contributed by atoms with E-state index in [9.17, 15) is 9.59 Å². The number of nitrogens with two attached hydrogens (primary N) is 2. The molecule has 12 heteroatoms. The summed E-state index contributed by atoms with van der Waals surface area (Å²) >= 11 is 0. The minimum atomic E-state index is -0.432. The molecule has 0 aliphatic carbocycles. The second-order valence-electron chi connectivity index (χ2n) is 9.29. The Morgan fingerprint density at radius 1 is 0.784 bits per heavy atom. The largest absolute Gasteiger partial charge is 0.370 e. The molecule has 0 radical (unpaired) electrons. The van der Waals surface area contributed by atoms with Gasteiger partial charge in [0.25, 0.3) is 11.8 Å². The van der Waals surface area contributed by atoms with Crippen molar-refractivity contribution in [1.82, 2.24) is 20.0 Å². The van der Waals surface area contributed by atoms with Crippen molar-refractivity contribution in [1.29, 1.82) is 10.8 Å². The van der Waals surface area contributed by atoms with Crippen molar-refractivity contribution >= 4 is 35.1 Å². The predicted molar refractivity (Wildman–Crippen MR) is 140 cm³/mol. The molecule has 0 bridgehead atoms. The molecule has 3 aromatic rings. The number of carbonyl (C=O) groups is 2. The summed E-state index contributed by atoms with van der Waals surface area (Å²) in [5.74, 6) is -0.0504. The third kappa shape index (κ3) is 5.08. The van der Waals surface area contributed by atoms with Gasteiger partial charge in [-0.3, -0.25) is 25.5 Å². The number of nitrogens with zero attached hydrogens (tertiary/aromatic N) is 3. The van der Waals surface area contributed by atoms with Crippen molar-refractivity contribution in [2.45, 2.75) is 11.8 Å². The Morgan fingerprint density at radius 3 is 1.65 bits per heavy atom. The SMILES string of the molecule is N=C(N)N1CC(c2ccc(NC(=O)c3cc(C(=O)Nc4ccc(C5CN(C(=N)N)C5)cc4)[nH]n3)cc2)C1. The molecule has 0 atom stereocenters. The van der Waals surface area contributed by atoms with E-state index in [4.69, 9.17) is 22.3 Å². The van der Waals surface area contributed by atoms with Crippen LogP contribution in [0, 0.1) is 10.8 Å². The van der Waals surface area contributed by atoms with E-state index >= 15 is 0 Å². The average molecular weight is 501 g/mol. The van der Waals surface area contributed by atoms with Crippen LogP contribution in [-0.2, 0) is 0 Å². The fourth-order valence-electron chi connectivity index (χ4n) is 4.40. The third-order valence-corrected chi connectivity index (χ3v) is 6.78. The van der Waals surface area contributed by atoms with E-state index in [1.165, 1.54) is 6.07 Å². The van der Waals surface area contributed by atoms with Crippen LogP contribution in [0.5, 0.6) is 0 Å².